The Balaban J connectivity index is 2.07. The average Bonchev–Trinajstić information content (AvgIpc) is 2.41. The van der Waals surface area contributed by atoms with Gasteiger partial charge in [-0.15, -0.1) is 0 Å². The van der Waals surface area contributed by atoms with Crippen molar-refractivity contribution in [1.29, 1.82) is 0 Å². The second-order valence-electron chi connectivity index (χ2n) is 5.18. The number of aryl methyl sites for hydroxylation is 2. The summed E-state index contributed by atoms with van der Waals surface area (Å²) in [6.07, 6.45) is -0.641. The van der Waals surface area contributed by atoms with E-state index in [-0.39, 0.29) is 5.91 Å². The Bertz CT molecular complexity index is 681. The molecule has 0 aliphatic rings. The Hall–Kier alpha value is -1.71. The van der Waals surface area contributed by atoms with Crippen LogP contribution in [0.3, 0.4) is 0 Å². The molecule has 5 heteroatoms. The fourth-order valence-corrected chi connectivity index (χ4v) is 2.47. The zero-order chi connectivity index (χ0) is 16.3. The van der Waals surface area contributed by atoms with E-state index in [0.29, 0.717) is 21.5 Å². The first-order chi connectivity index (χ1) is 10.3. The second kappa shape index (κ2) is 7.03. The number of hydrogen-bond donors (Lipinski definition) is 1. The van der Waals surface area contributed by atoms with Gasteiger partial charge in [0.05, 0.1) is 0 Å². The molecule has 1 amide bonds. The van der Waals surface area contributed by atoms with Crippen molar-refractivity contribution >= 4 is 34.8 Å². The summed E-state index contributed by atoms with van der Waals surface area (Å²) in [5, 5.41) is 3.67. The van der Waals surface area contributed by atoms with Gasteiger partial charge in [0, 0.05) is 15.7 Å². The number of carbonyl (C=O) groups is 1. The van der Waals surface area contributed by atoms with Crippen molar-refractivity contribution < 1.29 is 9.53 Å². The number of anilines is 1. The number of nitrogens with one attached hydrogen (secondary N) is 1. The second-order valence-corrected chi connectivity index (χ2v) is 6.05. The molecule has 0 saturated carbocycles. The van der Waals surface area contributed by atoms with Gasteiger partial charge in [-0.25, -0.2) is 0 Å². The van der Waals surface area contributed by atoms with E-state index in [4.69, 9.17) is 27.9 Å². The van der Waals surface area contributed by atoms with Crippen LogP contribution in [0.25, 0.3) is 0 Å². The molecule has 0 aliphatic heterocycles. The van der Waals surface area contributed by atoms with Gasteiger partial charge in [0.15, 0.2) is 6.10 Å². The quantitative estimate of drug-likeness (QED) is 0.850. The number of hydrogen-bond acceptors (Lipinski definition) is 2. The summed E-state index contributed by atoms with van der Waals surface area (Å²) in [4.78, 5) is 12.2. The molecule has 0 saturated heterocycles. The van der Waals surface area contributed by atoms with Crippen LogP contribution in [0.2, 0.25) is 10.0 Å². The van der Waals surface area contributed by atoms with E-state index in [1.165, 1.54) is 0 Å². The van der Waals surface area contributed by atoms with Gasteiger partial charge in [0.1, 0.15) is 5.75 Å². The molecule has 0 aliphatic carbocycles. The highest BCUT2D eigenvalue weighted by Gasteiger charge is 2.16. The first-order valence-electron chi connectivity index (χ1n) is 6.86. The van der Waals surface area contributed by atoms with Crippen LogP contribution in [-0.4, -0.2) is 12.0 Å². The van der Waals surface area contributed by atoms with Crippen LogP contribution in [0, 0.1) is 13.8 Å². The van der Waals surface area contributed by atoms with E-state index in [1.54, 1.807) is 25.1 Å². The molecule has 0 unspecified atom stereocenters. The van der Waals surface area contributed by atoms with Crippen molar-refractivity contribution in [2.45, 2.75) is 26.9 Å². The van der Waals surface area contributed by atoms with Gasteiger partial charge in [-0.2, -0.15) is 0 Å². The summed E-state index contributed by atoms with van der Waals surface area (Å²) >= 11 is 11.8. The molecule has 1 N–H and O–H groups in total. The van der Waals surface area contributed by atoms with Gasteiger partial charge in [-0.3, -0.25) is 4.79 Å². The van der Waals surface area contributed by atoms with Crippen molar-refractivity contribution in [3.05, 3.63) is 57.6 Å². The predicted molar refractivity (Wildman–Crippen MR) is 91.1 cm³/mol. The molecular weight excluding hydrogens is 321 g/mol. The SMILES string of the molecule is Cc1ccc(C)c(O[C@@H](C)C(=O)Nc2cc(Cl)cc(Cl)c2)c1. The number of carbonyl (C=O) groups excluding carboxylic acids is 1. The van der Waals surface area contributed by atoms with Gasteiger partial charge in [-0.05, 0) is 56.2 Å². The maximum atomic E-state index is 12.2. The summed E-state index contributed by atoms with van der Waals surface area (Å²) in [6.45, 7) is 5.62. The molecule has 22 heavy (non-hydrogen) atoms. The van der Waals surface area contributed by atoms with Gasteiger partial charge in [0.2, 0.25) is 0 Å². The van der Waals surface area contributed by atoms with E-state index in [0.717, 1.165) is 11.1 Å². The van der Waals surface area contributed by atoms with Gasteiger partial charge < -0.3 is 10.1 Å². The van der Waals surface area contributed by atoms with Crippen LogP contribution in [0.4, 0.5) is 5.69 Å². The van der Waals surface area contributed by atoms with Crippen molar-refractivity contribution in [3.63, 3.8) is 0 Å². The molecule has 0 bridgehead atoms. The van der Waals surface area contributed by atoms with Crippen LogP contribution in [-0.2, 0) is 4.79 Å². The molecule has 0 spiro atoms. The highest BCUT2D eigenvalue weighted by Crippen LogP contribution is 2.24. The van der Waals surface area contributed by atoms with Crippen LogP contribution in [0.5, 0.6) is 5.75 Å². The molecule has 2 aromatic carbocycles. The Morgan fingerprint density at radius 3 is 2.36 bits per heavy atom. The summed E-state index contributed by atoms with van der Waals surface area (Å²) in [5.74, 6) is 0.436. The van der Waals surface area contributed by atoms with Gasteiger partial charge in [-0.1, -0.05) is 35.3 Å². The maximum Gasteiger partial charge on any atom is 0.265 e. The third-order valence-electron chi connectivity index (χ3n) is 3.15. The van der Waals surface area contributed by atoms with Crippen LogP contribution in [0.1, 0.15) is 18.1 Å². The lowest BCUT2D eigenvalue weighted by Crippen LogP contribution is -2.30. The maximum absolute atomic E-state index is 12.2. The van der Waals surface area contributed by atoms with Crippen molar-refractivity contribution in [3.8, 4) is 5.75 Å². The molecule has 0 fully saturated rings. The highest BCUT2D eigenvalue weighted by molar-refractivity contribution is 6.35. The lowest BCUT2D eigenvalue weighted by molar-refractivity contribution is -0.122. The molecule has 1 atom stereocenters. The highest BCUT2D eigenvalue weighted by atomic mass is 35.5. The van der Waals surface area contributed by atoms with Crippen molar-refractivity contribution in [2.24, 2.45) is 0 Å². The molecule has 0 radical (unpaired) electrons. The van der Waals surface area contributed by atoms with Gasteiger partial charge in [0.25, 0.3) is 5.91 Å². The standard InChI is InChI=1S/C17H17Cl2NO2/c1-10-4-5-11(2)16(6-10)22-12(3)17(21)20-15-8-13(18)7-14(19)9-15/h4-9,12H,1-3H3,(H,20,21)/t12-/m0/s1. The monoisotopic (exact) mass is 337 g/mol. The van der Waals surface area contributed by atoms with Crippen LogP contribution < -0.4 is 10.1 Å². The smallest absolute Gasteiger partial charge is 0.265 e. The van der Waals surface area contributed by atoms with E-state index >= 15 is 0 Å². The summed E-state index contributed by atoms with van der Waals surface area (Å²) in [5.41, 5.74) is 2.60. The molecule has 2 rings (SSSR count). The van der Waals surface area contributed by atoms with E-state index < -0.39 is 6.10 Å². The molecule has 2 aromatic rings. The molecule has 0 heterocycles. The zero-order valence-corrected chi connectivity index (χ0v) is 14.1. The Morgan fingerprint density at radius 1 is 1.09 bits per heavy atom. The topological polar surface area (TPSA) is 38.3 Å². The van der Waals surface area contributed by atoms with E-state index in [9.17, 15) is 4.79 Å². The summed E-state index contributed by atoms with van der Waals surface area (Å²) in [6, 6.07) is 10.8. The number of ether oxygens (including phenoxy) is 1. The first kappa shape index (κ1) is 16.7. The summed E-state index contributed by atoms with van der Waals surface area (Å²) in [7, 11) is 0. The first-order valence-corrected chi connectivity index (χ1v) is 7.61. The fraction of sp³-hybridized carbons (Fsp3) is 0.235. The number of benzene rings is 2. The third-order valence-corrected chi connectivity index (χ3v) is 3.58. The number of amides is 1. The number of halogens is 2. The van der Waals surface area contributed by atoms with Crippen LogP contribution >= 0.6 is 23.2 Å². The molecule has 3 nitrogen and oxygen atoms in total. The van der Waals surface area contributed by atoms with Crippen molar-refractivity contribution in [1.82, 2.24) is 0 Å². The van der Waals surface area contributed by atoms with Crippen molar-refractivity contribution in [2.75, 3.05) is 5.32 Å². The Labute approximate surface area is 140 Å². The summed E-state index contributed by atoms with van der Waals surface area (Å²) < 4.78 is 5.74. The Kier molecular flexibility index (Phi) is 5.33. The normalized spacial score (nSPS) is 11.9. The lowest BCUT2D eigenvalue weighted by atomic mass is 10.1. The average molecular weight is 338 g/mol. The minimum atomic E-state index is -0.641. The van der Waals surface area contributed by atoms with E-state index in [2.05, 4.69) is 5.32 Å². The molecule has 116 valence electrons. The lowest BCUT2D eigenvalue weighted by Gasteiger charge is -2.17. The number of rotatable bonds is 4. The van der Waals surface area contributed by atoms with E-state index in [1.807, 2.05) is 32.0 Å². The Morgan fingerprint density at radius 2 is 1.73 bits per heavy atom. The molecular formula is C17H17Cl2NO2. The minimum Gasteiger partial charge on any atom is -0.481 e. The third kappa shape index (κ3) is 4.39. The largest absolute Gasteiger partial charge is 0.481 e. The predicted octanol–water partition coefficient (Wildman–Crippen LogP) is 5.02. The fourth-order valence-electron chi connectivity index (χ4n) is 1.95. The molecule has 0 aromatic heterocycles. The van der Waals surface area contributed by atoms with Crippen LogP contribution in [0.15, 0.2) is 36.4 Å². The zero-order valence-electron chi connectivity index (χ0n) is 12.6. The van der Waals surface area contributed by atoms with Gasteiger partial charge >= 0.3 is 0 Å². The minimum absolute atomic E-state index is 0.265.